The van der Waals surface area contributed by atoms with E-state index >= 15 is 0 Å². The minimum absolute atomic E-state index is 0.0531. The van der Waals surface area contributed by atoms with Crippen LogP contribution in [0, 0.1) is 33.6 Å². The molecule has 0 bridgehead atoms. The van der Waals surface area contributed by atoms with Gasteiger partial charge in [-0.3, -0.25) is 14.4 Å². The molecule has 3 aromatic carbocycles. The lowest BCUT2D eigenvalue weighted by atomic mass is 10.0. The van der Waals surface area contributed by atoms with Crippen molar-refractivity contribution in [1.82, 2.24) is 0 Å². The van der Waals surface area contributed by atoms with Crippen LogP contribution < -0.4 is 9.64 Å². The number of benzene rings is 3. The number of ketones is 1. The highest BCUT2D eigenvalue weighted by molar-refractivity contribution is 6.01. The third-order valence-electron chi connectivity index (χ3n) is 6.50. The van der Waals surface area contributed by atoms with Crippen molar-refractivity contribution >= 4 is 23.3 Å². The van der Waals surface area contributed by atoms with Crippen molar-refractivity contribution < 1.29 is 23.9 Å². The van der Waals surface area contributed by atoms with Gasteiger partial charge in [-0.2, -0.15) is 0 Å². The van der Waals surface area contributed by atoms with Crippen LogP contribution in [0.15, 0.2) is 60.7 Å². The van der Waals surface area contributed by atoms with Crippen molar-refractivity contribution in [3.63, 3.8) is 0 Å². The number of hydrogen-bond acceptors (Lipinski definition) is 5. The Morgan fingerprint density at radius 1 is 0.829 bits per heavy atom. The van der Waals surface area contributed by atoms with Crippen LogP contribution >= 0.6 is 0 Å². The molecule has 0 aromatic heterocycles. The first-order chi connectivity index (χ1) is 16.7. The number of aryl methyl sites for hydroxylation is 4. The topological polar surface area (TPSA) is 72.9 Å². The van der Waals surface area contributed by atoms with E-state index < -0.39 is 11.9 Å². The zero-order chi connectivity index (χ0) is 25.1. The number of nitrogens with zero attached hydrogens (tertiary/aromatic N) is 1. The van der Waals surface area contributed by atoms with E-state index in [1.807, 2.05) is 52.0 Å². The minimum Gasteiger partial charge on any atom is -0.457 e. The smallest absolute Gasteiger partial charge is 0.311 e. The molecule has 1 aliphatic rings. The van der Waals surface area contributed by atoms with Crippen LogP contribution in [0.25, 0.3) is 0 Å². The highest BCUT2D eigenvalue weighted by Gasteiger charge is 2.36. The van der Waals surface area contributed by atoms with Gasteiger partial charge in [0.15, 0.2) is 12.4 Å². The number of esters is 1. The molecule has 0 saturated carbocycles. The molecule has 0 unspecified atom stereocenters. The fourth-order valence-electron chi connectivity index (χ4n) is 3.98. The summed E-state index contributed by atoms with van der Waals surface area (Å²) in [6.07, 6.45) is 0.0531. The predicted octanol–water partition coefficient (Wildman–Crippen LogP) is 5.49. The fourth-order valence-corrected chi connectivity index (χ4v) is 3.98. The largest absolute Gasteiger partial charge is 0.457 e. The molecular formula is C29H29NO5. The molecule has 1 aliphatic heterocycles. The first kappa shape index (κ1) is 24.2. The molecule has 0 radical (unpaired) electrons. The summed E-state index contributed by atoms with van der Waals surface area (Å²) in [5.74, 6) is -0.160. The first-order valence-electron chi connectivity index (χ1n) is 11.6. The van der Waals surface area contributed by atoms with Gasteiger partial charge < -0.3 is 14.4 Å². The van der Waals surface area contributed by atoms with Gasteiger partial charge in [0, 0.05) is 24.2 Å². The summed E-state index contributed by atoms with van der Waals surface area (Å²) >= 11 is 0. The van der Waals surface area contributed by atoms with Crippen LogP contribution in [0.5, 0.6) is 11.5 Å². The number of ether oxygens (including phenoxy) is 2. The zero-order valence-electron chi connectivity index (χ0n) is 20.5. The number of rotatable bonds is 7. The predicted molar refractivity (Wildman–Crippen MR) is 134 cm³/mol. The number of Topliss-reactive ketones (excluding diaryl/α,β-unsaturated/α-hetero) is 1. The van der Waals surface area contributed by atoms with E-state index in [-0.39, 0.29) is 31.3 Å². The third-order valence-corrected chi connectivity index (χ3v) is 6.50. The van der Waals surface area contributed by atoms with Crippen LogP contribution in [0.1, 0.15) is 39.0 Å². The molecule has 0 spiro atoms. The minimum atomic E-state index is -0.610. The molecular weight excluding hydrogens is 442 g/mol. The SMILES string of the molecule is Cc1ccc(Oc2ccc(N3C[C@H](C(=O)OCC(=O)c4ccc(C)c(C)c4)CC3=O)cc2)cc1C. The van der Waals surface area contributed by atoms with Gasteiger partial charge in [0.1, 0.15) is 11.5 Å². The Kier molecular flexibility index (Phi) is 7.01. The second kappa shape index (κ2) is 10.1. The standard InChI is InChI=1S/C29H29NO5/c1-18-5-7-22(13-20(18)3)27(31)17-34-29(33)23-15-28(32)30(16-23)24-8-11-25(12-9-24)35-26-10-6-19(2)21(4)14-26/h5-14,23H,15-17H2,1-4H3/t23-/m1/s1. The van der Waals surface area contributed by atoms with Crippen molar-refractivity contribution in [3.8, 4) is 11.5 Å². The average molecular weight is 472 g/mol. The first-order valence-corrected chi connectivity index (χ1v) is 11.6. The zero-order valence-corrected chi connectivity index (χ0v) is 20.5. The summed E-state index contributed by atoms with van der Waals surface area (Å²) in [5, 5.41) is 0. The van der Waals surface area contributed by atoms with Crippen LogP contribution in [0.4, 0.5) is 5.69 Å². The fraction of sp³-hybridized carbons (Fsp3) is 0.276. The Morgan fingerprint density at radius 3 is 2.11 bits per heavy atom. The quantitative estimate of drug-likeness (QED) is 0.336. The molecule has 6 nitrogen and oxygen atoms in total. The molecule has 0 N–H and O–H groups in total. The highest BCUT2D eigenvalue weighted by atomic mass is 16.5. The van der Waals surface area contributed by atoms with Crippen LogP contribution in [-0.4, -0.2) is 30.8 Å². The molecule has 0 aliphatic carbocycles. The van der Waals surface area contributed by atoms with E-state index in [9.17, 15) is 14.4 Å². The van der Waals surface area contributed by atoms with Gasteiger partial charge in [-0.1, -0.05) is 18.2 Å². The number of hydrogen-bond donors (Lipinski definition) is 0. The molecule has 3 aromatic rings. The van der Waals surface area contributed by atoms with Gasteiger partial charge in [-0.05, 0) is 92.4 Å². The summed E-state index contributed by atoms with van der Waals surface area (Å²) in [7, 11) is 0. The summed E-state index contributed by atoms with van der Waals surface area (Å²) < 4.78 is 11.2. The van der Waals surface area contributed by atoms with E-state index in [4.69, 9.17) is 9.47 Å². The van der Waals surface area contributed by atoms with E-state index in [1.54, 1.807) is 41.3 Å². The number of amides is 1. The van der Waals surface area contributed by atoms with Crippen molar-refractivity contribution in [2.24, 2.45) is 5.92 Å². The molecule has 1 saturated heterocycles. The number of carbonyl (C=O) groups is 3. The Labute approximate surface area is 205 Å². The maximum atomic E-state index is 12.6. The van der Waals surface area contributed by atoms with Crippen molar-refractivity contribution in [1.29, 1.82) is 0 Å². The highest BCUT2D eigenvalue weighted by Crippen LogP contribution is 2.29. The van der Waals surface area contributed by atoms with Crippen LogP contribution in [0.2, 0.25) is 0 Å². The normalized spacial score (nSPS) is 15.3. The lowest BCUT2D eigenvalue weighted by Crippen LogP contribution is -2.27. The number of carbonyl (C=O) groups excluding carboxylic acids is 3. The van der Waals surface area contributed by atoms with Crippen LogP contribution in [0.3, 0.4) is 0 Å². The van der Waals surface area contributed by atoms with Gasteiger partial charge in [0.2, 0.25) is 5.91 Å². The summed E-state index contributed by atoms with van der Waals surface area (Å²) in [6.45, 7) is 7.86. The molecule has 4 rings (SSSR count). The Bertz CT molecular complexity index is 1280. The average Bonchev–Trinajstić information content (AvgIpc) is 3.23. The second-order valence-electron chi connectivity index (χ2n) is 9.08. The lowest BCUT2D eigenvalue weighted by Gasteiger charge is -2.17. The lowest BCUT2D eigenvalue weighted by molar-refractivity contribution is -0.147. The summed E-state index contributed by atoms with van der Waals surface area (Å²) in [4.78, 5) is 39.1. The van der Waals surface area contributed by atoms with E-state index in [2.05, 4.69) is 0 Å². The van der Waals surface area contributed by atoms with Gasteiger partial charge in [-0.25, -0.2) is 0 Å². The molecule has 1 heterocycles. The molecule has 35 heavy (non-hydrogen) atoms. The maximum Gasteiger partial charge on any atom is 0.311 e. The van der Waals surface area contributed by atoms with E-state index in [0.717, 1.165) is 22.4 Å². The number of anilines is 1. The van der Waals surface area contributed by atoms with Gasteiger partial charge in [0.25, 0.3) is 0 Å². The second-order valence-corrected chi connectivity index (χ2v) is 9.08. The van der Waals surface area contributed by atoms with Crippen molar-refractivity contribution in [2.45, 2.75) is 34.1 Å². The molecule has 1 atom stereocenters. The molecule has 6 heteroatoms. The molecule has 1 amide bonds. The third kappa shape index (κ3) is 5.60. The van der Waals surface area contributed by atoms with Gasteiger partial charge in [-0.15, -0.1) is 0 Å². The Morgan fingerprint density at radius 2 is 1.46 bits per heavy atom. The maximum absolute atomic E-state index is 12.6. The molecule has 180 valence electrons. The van der Waals surface area contributed by atoms with Gasteiger partial charge >= 0.3 is 5.97 Å². The summed E-state index contributed by atoms with van der Waals surface area (Å²) in [5.41, 5.74) is 5.63. The van der Waals surface area contributed by atoms with Crippen molar-refractivity contribution in [2.75, 3.05) is 18.1 Å². The van der Waals surface area contributed by atoms with E-state index in [0.29, 0.717) is 17.0 Å². The Balaban J connectivity index is 1.33. The van der Waals surface area contributed by atoms with Gasteiger partial charge in [0.05, 0.1) is 5.92 Å². The Hall–Kier alpha value is -3.93. The molecule has 1 fully saturated rings. The van der Waals surface area contributed by atoms with Crippen LogP contribution in [-0.2, 0) is 14.3 Å². The summed E-state index contributed by atoms with van der Waals surface area (Å²) in [6, 6.07) is 18.5. The monoisotopic (exact) mass is 471 g/mol. The van der Waals surface area contributed by atoms with Crippen molar-refractivity contribution in [3.05, 3.63) is 88.5 Å². The van der Waals surface area contributed by atoms with E-state index in [1.165, 1.54) is 5.56 Å².